The van der Waals surface area contributed by atoms with Gasteiger partial charge in [0.05, 0.1) is 11.6 Å². The van der Waals surface area contributed by atoms with Crippen LogP contribution in [-0.4, -0.2) is 29.4 Å². The third-order valence-electron chi connectivity index (χ3n) is 4.07. The SMILES string of the molecule is Cc1cc(NNC(=S)NC[C@@H]2CCCO2)nc2c(C)cccc12. The summed E-state index contributed by atoms with van der Waals surface area (Å²) in [5, 5.41) is 4.88. The number of para-hydroxylation sites is 1. The van der Waals surface area contributed by atoms with Gasteiger partial charge in [-0.15, -0.1) is 0 Å². The summed E-state index contributed by atoms with van der Waals surface area (Å²) in [6.07, 6.45) is 2.48. The first-order valence-corrected chi connectivity index (χ1v) is 8.33. The maximum atomic E-state index is 5.56. The van der Waals surface area contributed by atoms with Gasteiger partial charge in [0, 0.05) is 18.5 Å². The number of aromatic nitrogens is 1. The number of rotatable bonds is 4. The molecule has 5 nitrogen and oxygen atoms in total. The Labute approximate surface area is 141 Å². The number of ether oxygens (including phenoxy) is 1. The topological polar surface area (TPSA) is 58.2 Å². The zero-order chi connectivity index (χ0) is 16.2. The minimum Gasteiger partial charge on any atom is -0.376 e. The Morgan fingerprint density at radius 1 is 1.35 bits per heavy atom. The van der Waals surface area contributed by atoms with Crippen molar-refractivity contribution >= 4 is 34.1 Å². The van der Waals surface area contributed by atoms with E-state index in [1.165, 1.54) is 10.9 Å². The molecule has 1 atom stereocenters. The van der Waals surface area contributed by atoms with Crippen LogP contribution in [-0.2, 0) is 4.74 Å². The first kappa shape index (κ1) is 16.0. The highest BCUT2D eigenvalue weighted by molar-refractivity contribution is 7.80. The van der Waals surface area contributed by atoms with Crippen LogP contribution in [0.4, 0.5) is 5.82 Å². The third kappa shape index (κ3) is 3.89. The van der Waals surface area contributed by atoms with E-state index in [2.05, 4.69) is 53.2 Å². The number of anilines is 1. The van der Waals surface area contributed by atoms with Gasteiger partial charge >= 0.3 is 0 Å². The van der Waals surface area contributed by atoms with Crippen molar-refractivity contribution in [2.75, 3.05) is 18.6 Å². The molecule has 23 heavy (non-hydrogen) atoms. The number of aryl methyl sites for hydroxylation is 2. The van der Waals surface area contributed by atoms with Crippen LogP contribution in [0.3, 0.4) is 0 Å². The second-order valence-corrected chi connectivity index (χ2v) is 6.30. The highest BCUT2D eigenvalue weighted by Gasteiger charge is 2.15. The number of benzene rings is 1. The Balaban J connectivity index is 1.60. The number of hydrogen-bond donors (Lipinski definition) is 3. The molecule has 1 aromatic heterocycles. The van der Waals surface area contributed by atoms with Crippen molar-refractivity contribution in [2.45, 2.75) is 32.8 Å². The van der Waals surface area contributed by atoms with Crippen LogP contribution in [0.25, 0.3) is 10.9 Å². The first-order valence-electron chi connectivity index (χ1n) is 7.92. The molecule has 0 unspecified atom stereocenters. The maximum absolute atomic E-state index is 5.56. The summed E-state index contributed by atoms with van der Waals surface area (Å²) in [5.41, 5.74) is 9.41. The van der Waals surface area contributed by atoms with Crippen molar-refractivity contribution in [1.82, 2.24) is 15.7 Å². The molecule has 0 spiro atoms. The van der Waals surface area contributed by atoms with Crippen molar-refractivity contribution in [1.29, 1.82) is 0 Å². The molecule has 1 aromatic carbocycles. The molecule has 0 radical (unpaired) electrons. The van der Waals surface area contributed by atoms with E-state index in [0.29, 0.717) is 5.11 Å². The Hall–Kier alpha value is -1.92. The number of nitrogens with one attached hydrogen (secondary N) is 3. The molecule has 1 aliphatic rings. The molecular formula is C17H22N4OS. The Morgan fingerprint density at radius 2 is 2.22 bits per heavy atom. The number of hydrazine groups is 1. The lowest BCUT2D eigenvalue weighted by molar-refractivity contribution is 0.114. The minimum absolute atomic E-state index is 0.262. The molecule has 0 bridgehead atoms. The minimum atomic E-state index is 0.262. The number of thiocarbonyl (C=S) groups is 1. The van der Waals surface area contributed by atoms with Crippen LogP contribution < -0.4 is 16.2 Å². The van der Waals surface area contributed by atoms with Crippen molar-refractivity contribution in [3.8, 4) is 0 Å². The van der Waals surface area contributed by atoms with Gasteiger partial charge in [-0.2, -0.15) is 0 Å². The molecule has 1 saturated heterocycles. The second kappa shape index (κ2) is 7.10. The highest BCUT2D eigenvalue weighted by atomic mass is 32.1. The van der Waals surface area contributed by atoms with Crippen molar-refractivity contribution < 1.29 is 4.74 Å². The number of nitrogens with zero attached hydrogens (tertiary/aromatic N) is 1. The molecule has 0 amide bonds. The molecule has 3 rings (SSSR count). The lowest BCUT2D eigenvalue weighted by atomic mass is 10.1. The maximum Gasteiger partial charge on any atom is 0.185 e. The summed E-state index contributed by atoms with van der Waals surface area (Å²) in [6, 6.07) is 8.23. The van der Waals surface area contributed by atoms with Crippen LogP contribution in [0.5, 0.6) is 0 Å². The van der Waals surface area contributed by atoms with E-state index in [4.69, 9.17) is 17.0 Å². The van der Waals surface area contributed by atoms with Crippen LogP contribution >= 0.6 is 12.2 Å². The van der Waals surface area contributed by atoms with Gasteiger partial charge in [0.25, 0.3) is 0 Å². The van der Waals surface area contributed by atoms with E-state index < -0.39 is 0 Å². The quantitative estimate of drug-likeness (QED) is 0.592. The summed E-state index contributed by atoms with van der Waals surface area (Å²) in [5.74, 6) is 0.755. The van der Waals surface area contributed by atoms with E-state index in [1.54, 1.807) is 0 Å². The Bertz CT molecular complexity index is 713. The summed E-state index contributed by atoms with van der Waals surface area (Å²) in [6.45, 7) is 5.74. The lowest BCUT2D eigenvalue weighted by Crippen LogP contribution is -2.42. The Kier molecular flexibility index (Phi) is 4.93. The van der Waals surface area contributed by atoms with Crippen LogP contribution in [0.15, 0.2) is 24.3 Å². The van der Waals surface area contributed by atoms with Gasteiger partial charge in [-0.05, 0) is 56.1 Å². The molecule has 0 saturated carbocycles. The molecular weight excluding hydrogens is 308 g/mol. The standard InChI is InChI=1S/C17H22N4OS/c1-11-5-3-7-14-12(2)9-15(19-16(11)14)20-21-17(23)18-10-13-6-4-8-22-13/h3,5,7,9,13H,4,6,8,10H2,1-2H3,(H,19,20)(H2,18,21,23)/t13-/m0/s1. The zero-order valence-corrected chi connectivity index (χ0v) is 14.3. The van der Waals surface area contributed by atoms with Gasteiger partial charge in [-0.3, -0.25) is 10.9 Å². The largest absolute Gasteiger partial charge is 0.376 e. The summed E-state index contributed by atoms with van der Waals surface area (Å²) >= 11 is 5.27. The number of fused-ring (bicyclic) bond motifs is 1. The highest BCUT2D eigenvalue weighted by Crippen LogP contribution is 2.22. The number of hydrogen-bond acceptors (Lipinski definition) is 4. The van der Waals surface area contributed by atoms with Crippen molar-refractivity contribution in [2.24, 2.45) is 0 Å². The van der Waals surface area contributed by atoms with Gasteiger partial charge in [-0.25, -0.2) is 4.98 Å². The van der Waals surface area contributed by atoms with Crippen molar-refractivity contribution in [3.05, 3.63) is 35.4 Å². The molecule has 1 aliphatic heterocycles. The van der Waals surface area contributed by atoms with E-state index in [-0.39, 0.29) is 6.10 Å². The van der Waals surface area contributed by atoms with Gasteiger partial charge in [-0.1, -0.05) is 18.2 Å². The zero-order valence-electron chi connectivity index (χ0n) is 13.5. The Morgan fingerprint density at radius 3 is 3.00 bits per heavy atom. The van der Waals surface area contributed by atoms with Gasteiger partial charge < -0.3 is 10.1 Å². The predicted octanol–water partition coefficient (Wildman–Crippen LogP) is 2.82. The van der Waals surface area contributed by atoms with Crippen molar-refractivity contribution in [3.63, 3.8) is 0 Å². The van der Waals surface area contributed by atoms with Gasteiger partial charge in [0.15, 0.2) is 5.11 Å². The smallest absolute Gasteiger partial charge is 0.185 e. The van der Waals surface area contributed by atoms with Gasteiger partial charge in [0.2, 0.25) is 0 Å². The predicted molar refractivity (Wildman–Crippen MR) is 97.6 cm³/mol. The fraction of sp³-hybridized carbons (Fsp3) is 0.412. The van der Waals surface area contributed by atoms with E-state index >= 15 is 0 Å². The summed E-state index contributed by atoms with van der Waals surface area (Å²) < 4.78 is 5.56. The van der Waals surface area contributed by atoms with E-state index in [9.17, 15) is 0 Å². The van der Waals surface area contributed by atoms with E-state index in [0.717, 1.165) is 42.9 Å². The molecule has 0 aliphatic carbocycles. The average molecular weight is 330 g/mol. The molecule has 2 aromatic rings. The average Bonchev–Trinajstić information content (AvgIpc) is 3.05. The normalized spacial score (nSPS) is 17.2. The molecule has 6 heteroatoms. The fourth-order valence-corrected chi connectivity index (χ4v) is 2.94. The third-order valence-corrected chi connectivity index (χ3v) is 4.31. The van der Waals surface area contributed by atoms with Crippen LogP contribution in [0.1, 0.15) is 24.0 Å². The summed E-state index contributed by atoms with van der Waals surface area (Å²) in [7, 11) is 0. The van der Waals surface area contributed by atoms with Crippen LogP contribution in [0.2, 0.25) is 0 Å². The second-order valence-electron chi connectivity index (χ2n) is 5.89. The lowest BCUT2D eigenvalue weighted by Gasteiger charge is -2.15. The summed E-state index contributed by atoms with van der Waals surface area (Å²) in [4.78, 5) is 4.66. The first-order chi connectivity index (χ1) is 11.1. The molecule has 2 heterocycles. The molecule has 3 N–H and O–H groups in total. The molecule has 122 valence electrons. The van der Waals surface area contributed by atoms with E-state index in [1.807, 2.05) is 6.07 Å². The van der Waals surface area contributed by atoms with Gasteiger partial charge in [0.1, 0.15) is 5.82 Å². The fourth-order valence-electron chi connectivity index (χ4n) is 2.80. The molecule has 1 fully saturated rings. The number of pyridine rings is 1. The monoisotopic (exact) mass is 330 g/mol. The van der Waals surface area contributed by atoms with Crippen LogP contribution in [0, 0.1) is 13.8 Å².